The van der Waals surface area contributed by atoms with Crippen molar-refractivity contribution in [1.29, 1.82) is 0 Å². The van der Waals surface area contributed by atoms with E-state index in [4.69, 9.17) is 4.74 Å². The van der Waals surface area contributed by atoms with E-state index in [1.807, 2.05) is 32.9 Å². The zero-order valence-corrected chi connectivity index (χ0v) is 16.1. The Hall–Kier alpha value is -2.66. The van der Waals surface area contributed by atoms with Crippen LogP contribution in [0.25, 0.3) is 0 Å². The molecule has 0 aromatic heterocycles. The number of amides is 2. The molecule has 1 heterocycles. The summed E-state index contributed by atoms with van der Waals surface area (Å²) in [7, 11) is 0. The molecule has 1 fully saturated rings. The lowest BCUT2D eigenvalue weighted by Crippen LogP contribution is -2.32. The predicted molar refractivity (Wildman–Crippen MR) is 106 cm³/mol. The molecule has 5 nitrogen and oxygen atoms in total. The molecule has 1 saturated heterocycles. The Bertz CT molecular complexity index is 855. The van der Waals surface area contributed by atoms with Crippen molar-refractivity contribution in [2.45, 2.75) is 39.7 Å². The average molecular weight is 366 g/mol. The smallest absolute Gasteiger partial charge is 0.255 e. The Labute approximate surface area is 160 Å². The zero-order valence-electron chi connectivity index (χ0n) is 16.1. The molecule has 0 aliphatic carbocycles. The van der Waals surface area contributed by atoms with Gasteiger partial charge in [-0.2, -0.15) is 0 Å². The van der Waals surface area contributed by atoms with Crippen LogP contribution in [0.1, 0.15) is 50.2 Å². The Morgan fingerprint density at radius 1 is 1.00 bits per heavy atom. The zero-order chi connectivity index (χ0) is 19.4. The molecule has 0 unspecified atom stereocenters. The summed E-state index contributed by atoms with van der Waals surface area (Å²) < 4.78 is 5.54. The minimum atomic E-state index is -0.213. The SMILES string of the molecule is Cc1cc(C)c(C(=O)Nc2ccccc2C(=O)NC[C@H]2CCCO2)cc1C. The van der Waals surface area contributed by atoms with E-state index in [1.54, 1.807) is 24.3 Å². The molecule has 0 spiro atoms. The van der Waals surface area contributed by atoms with E-state index in [0.29, 0.717) is 23.4 Å². The highest BCUT2D eigenvalue weighted by atomic mass is 16.5. The Balaban J connectivity index is 1.74. The first-order chi connectivity index (χ1) is 13.0. The third-order valence-corrected chi connectivity index (χ3v) is 5.02. The van der Waals surface area contributed by atoms with Gasteiger partial charge in [-0.3, -0.25) is 9.59 Å². The van der Waals surface area contributed by atoms with E-state index in [1.165, 1.54) is 0 Å². The Morgan fingerprint density at radius 3 is 2.48 bits per heavy atom. The van der Waals surface area contributed by atoms with E-state index in [9.17, 15) is 9.59 Å². The van der Waals surface area contributed by atoms with Gasteiger partial charge in [0.25, 0.3) is 11.8 Å². The predicted octanol–water partition coefficient (Wildman–Crippen LogP) is 3.77. The quantitative estimate of drug-likeness (QED) is 0.846. The second-order valence-electron chi connectivity index (χ2n) is 7.10. The van der Waals surface area contributed by atoms with Gasteiger partial charge in [-0.1, -0.05) is 18.2 Å². The van der Waals surface area contributed by atoms with Gasteiger partial charge in [-0.15, -0.1) is 0 Å². The molecular formula is C22H26N2O3. The standard InChI is InChI=1S/C22H26N2O3/c1-14-11-16(3)19(12-15(14)2)22(26)24-20-9-5-4-8-18(20)21(25)23-13-17-7-6-10-27-17/h4-5,8-9,11-12,17H,6-7,10,13H2,1-3H3,(H,23,25)(H,24,26)/t17-/m1/s1. The van der Waals surface area contributed by atoms with Crippen molar-refractivity contribution in [3.05, 3.63) is 64.2 Å². The third kappa shape index (κ3) is 4.55. The van der Waals surface area contributed by atoms with Gasteiger partial charge in [0.1, 0.15) is 0 Å². The third-order valence-electron chi connectivity index (χ3n) is 5.02. The van der Waals surface area contributed by atoms with Gasteiger partial charge < -0.3 is 15.4 Å². The van der Waals surface area contributed by atoms with Crippen LogP contribution >= 0.6 is 0 Å². The number of anilines is 1. The molecule has 0 saturated carbocycles. The van der Waals surface area contributed by atoms with Crippen LogP contribution in [-0.4, -0.2) is 31.1 Å². The molecule has 2 N–H and O–H groups in total. The molecule has 2 aromatic carbocycles. The largest absolute Gasteiger partial charge is 0.376 e. The van der Waals surface area contributed by atoms with E-state index in [2.05, 4.69) is 10.6 Å². The van der Waals surface area contributed by atoms with E-state index >= 15 is 0 Å². The molecule has 1 atom stereocenters. The van der Waals surface area contributed by atoms with Crippen molar-refractivity contribution in [2.75, 3.05) is 18.5 Å². The fourth-order valence-corrected chi connectivity index (χ4v) is 3.29. The van der Waals surface area contributed by atoms with Gasteiger partial charge >= 0.3 is 0 Å². The number of nitrogens with one attached hydrogen (secondary N) is 2. The second kappa shape index (κ2) is 8.35. The van der Waals surface area contributed by atoms with Crippen molar-refractivity contribution >= 4 is 17.5 Å². The number of rotatable bonds is 5. The lowest BCUT2D eigenvalue weighted by atomic mass is 10.00. The molecule has 1 aliphatic heterocycles. The average Bonchev–Trinajstić information content (AvgIpc) is 3.16. The molecule has 142 valence electrons. The normalized spacial score (nSPS) is 16.2. The van der Waals surface area contributed by atoms with E-state index < -0.39 is 0 Å². The van der Waals surface area contributed by atoms with Crippen LogP contribution in [0.2, 0.25) is 0 Å². The lowest BCUT2D eigenvalue weighted by Gasteiger charge is -2.15. The number of carbonyl (C=O) groups is 2. The van der Waals surface area contributed by atoms with Crippen LogP contribution in [0.5, 0.6) is 0 Å². The summed E-state index contributed by atoms with van der Waals surface area (Å²) in [6, 6.07) is 10.9. The van der Waals surface area contributed by atoms with Gasteiger partial charge in [0.05, 0.1) is 17.4 Å². The van der Waals surface area contributed by atoms with Gasteiger partial charge in [0.15, 0.2) is 0 Å². The van der Waals surface area contributed by atoms with Crippen LogP contribution in [-0.2, 0) is 4.74 Å². The number of benzene rings is 2. The summed E-state index contributed by atoms with van der Waals surface area (Å²) in [5, 5.41) is 5.80. The molecule has 2 amide bonds. The first-order valence-electron chi connectivity index (χ1n) is 9.33. The minimum Gasteiger partial charge on any atom is -0.376 e. The molecular weight excluding hydrogens is 340 g/mol. The number of aryl methyl sites for hydroxylation is 3. The topological polar surface area (TPSA) is 67.4 Å². The van der Waals surface area contributed by atoms with Crippen LogP contribution in [0.4, 0.5) is 5.69 Å². The molecule has 0 bridgehead atoms. The maximum atomic E-state index is 12.8. The molecule has 1 aliphatic rings. The summed E-state index contributed by atoms with van der Waals surface area (Å²) in [5.74, 6) is -0.423. The first-order valence-corrected chi connectivity index (χ1v) is 9.33. The Morgan fingerprint density at radius 2 is 1.74 bits per heavy atom. The number of hydrogen-bond donors (Lipinski definition) is 2. The Kier molecular flexibility index (Phi) is 5.91. The number of ether oxygens (including phenoxy) is 1. The summed E-state index contributed by atoms with van der Waals surface area (Å²) >= 11 is 0. The fraction of sp³-hybridized carbons (Fsp3) is 0.364. The van der Waals surface area contributed by atoms with E-state index in [-0.39, 0.29) is 17.9 Å². The minimum absolute atomic E-state index is 0.0777. The number of carbonyl (C=O) groups excluding carboxylic acids is 2. The fourth-order valence-electron chi connectivity index (χ4n) is 3.29. The van der Waals surface area contributed by atoms with Gasteiger partial charge in [0, 0.05) is 18.7 Å². The highest BCUT2D eigenvalue weighted by Gasteiger charge is 2.19. The van der Waals surface area contributed by atoms with Gasteiger partial charge in [0.2, 0.25) is 0 Å². The monoisotopic (exact) mass is 366 g/mol. The summed E-state index contributed by atoms with van der Waals surface area (Å²) in [4.78, 5) is 25.4. The number of hydrogen-bond acceptors (Lipinski definition) is 3. The molecule has 0 radical (unpaired) electrons. The summed E-state index contributed by atoms with van der Waals surface area (Å²) in [5.41, 5.74) is 4.70. The van der Waals surface area contributed by atoms with Crippen molar-refractivity contribution in [2.24, 2.45) is 0 Å². The number of para-hydroxylation sites is 1. The van der Waals surface area contributed by atoms with Crippen molar-refractivity contribution in [3.63, 3.8) is 0 Å². The summed E-state index contributed by atoms with van der Waals surface area (Å²) in [6.45, 7) is 7.16. The molecule has 5 heteroatoms. The van der Waals surface area contributed by atoms with Gasteiger partial charge in [-0.25, -0.2) is 0 Å². The maximum absolute atomic E-state index is 12.8. The summed E-state index contributed by atoms with van der Waals surface area (Å²) in [6.07, 6.45) is 2.07. The first kappa shape index (κ1) is 19.1. The van der Waals surface area contributed by atoms with Crippen molar-refractivity contribution in [1.82, 2.24) is 5.32 Å². The maximum Gasteiger partial charge on any atom is 0.255 e. The molecule has 3 rings (SSSR count). The van der Waals surface area contributed by atoms with Crippen molar-refractivity contribution in [3.8, 4) is 0 Å². The lowest BCUT2D eigenvalue weighted by molar-refractivity contribution is 0.0858. The van der Waals surface area contributed by atoms with Crippen LogP contribution in [0, 0.1) is 20.8 Å². The van der Waals surface area contributed by atoms with Crippen molar-refractivity contribution < 1.29 is 14.3 Å². The van der Waals surface area contributed by atoms with Crippen LogP contribution in [0.15, 0.2) is 36.4 Å². The second-order valence-corrected chi connectivity index (χ2v) is 7.10. The van der Waals surface area contributed by atoms with Crippen LogP contribution < -0.4 is 10.6 Å². The van der Waals surface area contributed by atoms with E-state index in [0.717, 1.165) is 36.1 Å². The highest BCUT2D eigenvalue weighted by molar-refractivity contribution is 6.09. The van der Waals surface area contributed by atoms with Crippen LogP contribution in [0.3, 0.4) is 0 Å². The highest BCUT2D eigenvalue weighted by Crippen LogP contribution is 2.20. The molecule has 2 aromatic rings. The molecule has 27 heavy (non-hydrogen) atoms. The van der Waals surface area contributed by atoms with Gasteiger partial charge in [-0.05, 0) is 68.5 Å².